The number of furan rings is 1. The zero-order chi connectivity index (χ0) is 31.8. The van der Waals surface area contributed by atoms with Crippen molar-refractivity contribution >= 4 is 65.0 Å². The number of rotatable bonds is 3. The molecule has 1 heterocycles. The fourth-order valence-corrected chi connectivity index (χ4v) is 7.71. The van der Waals surface area contributed by atoms with Crippen molar-refractivity contribution in [2.75, 3.05) is 0 Å². The minimum Gasteiger partial charge on any atom is -0.455 e. The maximum atomic E-state index is 8.96. The predicted octanol–water partition coefficient (Wildman–Crippen LogP) is 13.2. The van der Waals surface area contributed by atoms with Crippen LogP contribution in [0.15, 0.2) is 174 Å². The summed E-state index contributed by atoms with van der Waals surface area (Å²) in [5.74, 6) is 0. The van der Waals surface area contributed by atoms with Crippen LogP contribution in [0.1, 0.15) is 1.37 Å². The summed E-state index contributed by atoms with van der Waals surface area (Å²) in [5.41, 5.74) is 8.71. The third-order valence-electron chi connectivity index (χ3n) is 9.71. The first-order chi connectivity index (χ1) is 23.8. The quantitative estimate of drug-likeness (QED) is 0.185. The molecule has 10 rings (SSSR count). The number of para-hydroxylation sites is 1. The van der Waals surface area contributed by atoms with E-state index in [1.54, 1.807) is 0 Å². The van der Waals surface area contributed by atoms with Gasteiger partial charge >= 0.3 is 0 Å². The van der Waals surface area contributed by atoms with Crippen LogP contribution >= 0.6 is 0 Å². The van der Waals surface area contributed by atoms with E-state index in [0.29, 0.717) is 6.04 Å². The topological polar surface area (TPSA) is 13.1 Å². The third kappa shape index (κ3) is 3.90. The van der Waals surface area contributed by atoms with Gasteiger partial charge in [0.1, 0.15) is 11.2 Å². The zero-order valence-electron chi connectivity index (χ0n) is 26.5. The SMILES string of the molecule is [2H]c1c2ccccc2c(-c2ccc3c(c2)oc2c(-c4c5ccccc5c(-c5ccccc5)c5ccccc45)cccc23)c2ccccc12. The van der Waals surface area contributed by atoms with Crippen LogP contribution in [0.3, 0.4) is 0 Å². The second kappa shape index (κ2) is 10.2. The van der Waals surface area contributed by atoms with Gasteiger partial charge in [0, 0.05) is 21.9 Å². The molecule has 218 valence electrons. The molecule has 0 saturated heterocycles. The summed E-state index contributed by atoms with van der Waals surface area (Å²) in [4.78, 5) is 0. The van der Waals surface area contributed by atoms with Gasteiger partial charge in [0.05, 0.1) is 1.37 Å². The number of hydrogen-bond donors (Lipinski definition) is 0. The summed E-state index contributed by atoms with van der Waals surface area (Å²) in [7, 11) is 0. The van der Waals surface area contributed by atoms with Crippen molar-refractivity contribution < 1.29 is 5.79 Å². The molecule has 1 nitrogen and oxygen atoms in total. The van der Waals surface area contributed by atoms with E-state index in [2.05, 4.69) is 152 Å². The van der Waals surface area contributed by atoms with E-state index >= 15 is 0 Å². The normalized spacial score (nSPS) is 12.1. The molecular weight excluding hydrogens is 569 g/mol. The van der Waals surface area contributed by atoms with Crippen LogP contribution in [0.2, 0.25) is 0 Å². The fourth-order valence-electron chi connectivity index (χ4n) is 7.71. The average molecular weight is 598 g/mol. The Morgan fingerprint density at radius 2 is 0.872 bits per heavy atom. The van der Waals surface area contributed by atoms with Gasteiger partial charge in [0.2, 0.25) is 0 Å². The van der Waals surface area contributed by atoms with E-state index in [1.807, 2.05) is 12.1 Å². The van der Waals surface area contributed by atoms with E-state index in [1.165, 1.54) is 38.2 Å². The molecule has 1 heteroatoms. The Morgan fingerprint density at radius 3 is 1.51 bits per heavy atom. The molecule has 0 bridgehead atoms. The van der Waals surface area contributed by atoms with Gasteiger partial charge < -0.3 is 4.42 Å². The van der Waals surface area contributed by atoms with E-state index in [-0.39, 0.29) is 0 Å². The Bertz CT molecular complexity index is 2780. The highest BCUT2D eigenvalue weighted by atomic mass is 16.3. The lowest BCUT2D eigenvalue weighted by Crippen LogP contribution is -1.90. The van der Waals surface area contributed by atoms with Crippen molar-refractivity contribution in [1.29, 1.82) is 0 Å². The average Bonchev–Trinajstić information content (AvgIpc) is 3.53. The Labute approximate surface area is 273 Å². The first kappa shape index (κ1) is 25.1. The highest BCUT2D eigenvalue weighted by Crippen LogP contribution is 2.47. The van der Waals surface area contributed by atoms with Crippen molar-refractivity contribution in [2.24, 2.45) is 0 Å². The van der Waals surface area contributed by atoms with Crippen LogP contribution in [0, 0.1) is 0 Å². The largest absolute Gasteiger partial charge is 0.455 e. The summed E-state index contributed by atoms with van der Waals surface area (Å²) in [6, 6.07) is 58.5. The molecule has 0 saturated carbocycles. The molecule has 47 heavy (non-hydrogen) atoms. The Morgan fingerprint density at radius 1 is 0.362 bits per heavy atom. The van der Waals surface area contributed by atoms with Gasteiger partial charge in [-0.15, -0.1) is 0 Å². The number of fused-ring (bicyclic) bond motifs is 7. The molecule has 0 radical (unpaired) electrons. The first-order valence-corrected chi connectivity index (χ1v) is 16.1. The van der Waals surface area contributed by atoms with E-state index in [0.717, 1.165) is 60.2 Å². The summed E-state index contributed by atoms with van der Waals surface area (Å²) in [5, 5.41) is 11.1. The number of benzene rings is 9. The minimum atomic E-state index is 0.567. The van der Waals surface area contributed by atoms with Gasteiger partial charge in [-0.1, -0.05) is 152 Å². The molecular formula is C46H28O. The summed E-state index contributed by atoms with van der Waals surface area (Å²) >= 11 is 0. The molecule has 9 aromatic carbocycles. The standard InChI is InChI=1S/C46H28O/c1-2-13-29(14-3-1)43-36-19-8-10-21-38(36)45(39-22-11-9-20-37(39)43)41-24-12-23-40-35-26-25-32(28-42(35)47-46(40)41)44-33-17-6-4-15-30(33)27-31-16-5-7-18-34(31)44/h1-28H/i27D. The van der Waals surface area contributed by atoms with Gasteiger partial charge in [-0.25, -0.2) is 0 Å². The molecule has 0 aliphatic heterocycles. The monoisotopic (exact) mass is 597 g/mol. The number of hydrogen-bond acceptors (Lipinski definition) is 1. The third-order valence-corrected chi connectivity index (χ3v) is 9.71. The van der Waals surface area contributed by atoms with E-state index < -0.39 is 0 Å². The van der Waals surface area contributed by atoms with Crippen LogP contribution in [-0.4, -0.2) is 0 Å². The van der Waals surface area contributed by atoms with Crippen LogP contribution in [0.25, 0.3) is 98.4 Å². The molecule has 10 aromatic rings. The molecule has 0 unspecified atom stereocenters. The predicted molar refractivity (Wildman–Crippen MR) is 200 cm³/mol. The summed E-state index contributed by atoms with van der Waals surface area (Å²) < 4.78 is 15.9. The van der Waals surface area contributed by atoms with Crippen LogP contribution < -0.4 is 0 Å². The van der Waals surface area contributed by atoms with Crippen molar-refractivity contribution in [2.45, 2.75) is 0 Å². The van der Waals surface area contributed by atoms with Gasteiger partial charge in [-0.2, -0.15) is 0 Å². The van der Waals surface area contributed by atoms with Crippen LogP contribution in [0.5, 0.6) is 0 Å². The van der Waals surface area contributed by atoms with Crippen molar-refractivity contribution in [1.82, 2.24) is 0 Å². The molecule has 0 fully saturated rings. The van der Waals surface area contributed by atoms with E-state index in [9.17, 15) is 0 Å². The van der Waals surface area contributed by atoms with Gasteiger partial charge in [-0.3, -0.25) is 0 Å². The van der Waals surface area contributed by atoms with Gasteiger partial charge in [-0.05, 0) is 83.5 Å². The summed E-state index contributed by atoms with van der Waals surface area (Å²) in [6.07, 6.45) is 0. The highest BCUT2D eigenvalue weighted by Gasteiger charge is 2.20. The molecule has 1 aromatic heterocycles. The molecule has 0 spiro atoms. The Balaban J connectivity index is 1.26. The lowest BCUT2D eigenvalue weighted by Gasteiger charge is -2.17. The zero-order valence-corrected chi connectivity index (χ0v) is 25.5. The lowest BCUT2D eigenvalue weighted by atomic mass is 9.85. The fraction of sp³-hybridized carbons (Fsp3) is 0. The Kier molecular flexibility index (Phi) is 5.42. The molecule has 0 aliphatic rings. The van der Waals surface area contributed by atoms with E-state index in [4.69, 9.17) is 5.79 Å². The first-order valence-electron chi connectivity index (χ1n) is 16.6. The summed E-state index contributed by atoms with van der Waals surface area (Å²) in [6.45, 7) is 0. The van der Waals surface area contributed by atoms with Crippen molar-refractivity contribution in [3.8, 4) is 33.4 Å². The molecule has 0 atom stereocenters. The second-order valence-corrected chi connectivity index (χ2v) is 12.3. The van der Waals surface area contributed by atoms with Crippen molar-refractivity contribution in [3.63, 3.8) is 0 Å². The molecule has 0 aliphatic carbocycles. The minimum absolute atomic E-state index is 0.567. The molecule has 0 N–H and O–H groups in total. The maximum absolute atomic E-state index is 8.96. The smallest absolute Gasteiger partial charge is 0.143 e. The van der Waals surface area contributed by atoms with Crippen LogP contribution in [0.4, 0.5) is 0 Å². The highest BCUT2D eigenvalue weighted by molar-refractivity contribution is 6.24. The lowest BCUT2D eigenvalue weighted by molar-refractivity contribution is 0.670. The van der Waals surface area contributed by atoms with Gasteiger partial charge in [0.25, 0.3) is 0 Å². The Hall–Kier alpha value is -6.18. The maximum Gasteiger partial charge on any atom is 0.143 e. The van der Waals surface area contributed by atoms with Gasteiger partial charge in [0.15, 0.2) is 0 Å². The molecule has 0 amide bonds. The second-order valence-electron chi connectivity index (χ2n) is 12.3. The van der Waals surface area contributed by atoms with Crippen molar-refractivity contribution in [3.05, 3.63) is 170 Å². The van der Waals surface area contributed by atoms with Crippen LogP contribution in [-0.2, 0) is 0 Å².